The molecule has 26 heavy (non-hydrogen) atoms. The average molecular weight is 379 g/mol. The normalized spacial score (nSPS) is 19.1. The van der Waals surface area contributed by atoms with Gasteiger partial charge in [-0.25, -0.2) is 8.42 Å². The number of benzene rings is 1. The molecule has 1 saturated carbocycles. The van der Waals surface area contributed by atoms with Crippen molar-refractivity contribution in [2.24, 2.45) is 5.92 Å². The number of hydrogen-bond donors (Lipinski definition) is 0. The van der Waals surface area contributed by atoms with E-state index in [2.05, 4.69) is 0 Å². The zero-order chi connectivity index (χ0) is 18.6. The largest absolute Gasteiger partial charge is 0.345 e. The van der Waals surface area contributed by atoms with E-state index in [1.54, 1.807) is 16.4 Å². The highest BCUT2D eigenvalue weighted by Crippen LogP contribution is 2.27. The number of carbonyl (C=O) groups excluding carboxylic acids is 1. The summed E-state index contributed by atoms with van der Waals surface area (Å²) >= 11 is 0. The minimum Gasteiger partial charge on any atom is -0.345 e. The Balaban J connectivity index is 1.53. The van der Waals surface area contributed by atoms with Crippen molar-refractivity contribution in [1.82, 2.24) is 9.21 Å². The average Bonchev–Trinajstić information content (AvgIpc) is 2.63. The van der Waals surface area contributed by atoms with Gasteiger partial charge in [0.15, 0.2) is 0 Å². The van der Waals surface area contributed by atoms with Crippen LogP contribution in [0.4, 0.5) is 0 Å². The van der Waals surface area contributed by atoms with Crippen LogP contribution in [0.5, 0.6) is 0 Å². The zero-order valence-corrected chi connectivity index (χ0v) is 16.5. The fourth-order valence-corrected chi connectivity index (χ4v) is 5.21. The number of hydrogen-bond acceptors (Lipinski definition) is 3. The summed E-state index contributed by atoms with van der Waals surface area (Å²) in [4.78, 5) is 14.5. The summed E-state index contributed by atoms with van der Waals surface area (Å²) in [5.74, 6) is 0.852. The van der Waals surface area contributed by atoms with E-state index in [0.29, 0.717) is 36.7 Å². The molecular formula is C20H30N2O3S. The molecule has 1 saturated heterocycles. The van der Waals surface area contributed by atoms with Crippen molar-refractivity contribution in [3.63, 3.8) is 0 Å². The Kier molecular flexibility index (Phi) is 6.35. The van der Waals surface area contributed by atoms with Crippen molar-refractivity contribution < 1.29 is 13.2 Å². The van der Waals surface area contributed by atoms with Crippen LogP contribution in [-0.2, 0) is 21.2 Å². The van der Waals surface area contributed by atoms with E-state index in [1.807, 2.05) is 24.1 Å². The van der Waals surface area contributed by atoms with Crippen LogP contribution in [0.3, 0.4) is 0 Å². The highest BCUT2D eigenvalue weighted by atomic mass is 32.2. The predicted octanol–water partition coefficient (Wildman–Crippen LogP) is 3.05. The lowest BCUT2D eigenvalue weighted by molar-refractivity contribution is -0.130. The lowest BCUT2D eigenvalue weighted by atomic mass is 9.85. The van der Waals surface area contributed by atoms with E-state index in [1.165, 1.54) is 19.3 Å². The smallest absolute Gasteiger partial charge is 0.243 e. The van der Waals surface area contributed by atoms with Gasteiger partial charge in [-0.15, -0.1) is 0 Å². The van der Waals surface area contributed by atoms with Crippen LogP contribution in [0.1, 0.15) is 50.5 Å². The minimum absolute atomic E-state index is 0.168. The van der Waals surface area contributed by atoms with Crippen LogP contribution < -0.4 is 0 Å². The van der Waals surface area contributed by atoms with Gasteiger partial charge in [-0.2, -0.15) is 4.31 Å². The van der Waals surface area contributed by atoms with Gasteiger partial charge in [0, 0.05) is 33.1 Å². The molecule has 0 spiro atoms. The number of nitrogens with zero attached hydrogens (tertiary/aromatic N) is 2. The van der Waals surface area contributed by atoms with E-state index in [4.69, 9.17) is 0 Å². The first kappa shape index (κ1) is 19.4. The van der Waals surface area contributed by atoms with Gasteiger partial charge >= 0.3 is 0 Å². The molecule has 3 rings (SSSR count). The summed E-state index contributed by atoms with van der Waals surface area (Å²) in [6.45, 7) is 2.10. The summed E-state index contributed by atoms with van der Waals surface area (Å²) in [5, 5.41) is 0. The Morgan fingerprint density at radius 3 is 2.31 bits per heavy atom. The zero-order valence-electron chi connectivity index (χ0n) is 15.7. The third kappa shape index (κ3) is 4.65. The maximum absolute atomic E-state index is 12.7. The van der Waals surface area contributed by atoms with Gasteiger partial charge in [0.2, 0.25) is 15.9 Å². The maximum Gasteiger partial charge on any atom is 0.243 e. The second-order valence-corrected chi connectivity index (χ2v) is 9.62. The topological polar surface area (TPSA) is 57.7 Å². The van der Waals surface area contributed by atoms with Gasteiger partial charge in [-0.05, 0) is 55.7 Å². The second-order valence-electron chi connectivity index (χ2n) is 7.68. The number of amides is 1. The van der Waals surface area contributed by atoms with E-state index >= 15 is 0 Å². The third-order valence-corrected chi connectivity index (χ3v) is 7.60. The molecular weight excluding hydrogens is 348 g/mol. The van der Waals surface area contributed by atoms with Gasteiger partial charge in [0.05, 0.1) is 4.90 Å². The molecule has 1 aliphatic carbocycles. The van der Waals surface area contributed by atoms with Gasteiger partial charge in [-0.3, -0.25) is 4.79 Å². The fourth-order valence-electron chi connectivity index (χ4n) is 3.69. The van der Waals surface area contributed by atoms with Crippen LogP contribution in [0.15, 0.2) is 29.2 Å². The van der Waals surface area contributed by atoms with E-state index in [0.717, 1.165) is 31.4 Å². The molecule has 5 nitrogen and oxygen atoms in total. The summed E-state index contributed by atoms with van der Waals surface area (Å²) < 4.78 is 26.9. The third-order valence-electron chi connectivity index (χ3n) is 5.69. The van der Waals surface area contributed by atoms with Crippen LogP contribution in [0.25, 0.3) is 0 Å². The van der Waals surface area contributed by atoms with Crippen molar-refractivity contribution in [3.8, 4) is 0 Å². The number of aryl methyl sites for hydroxylation is 1. The molecule has 1 amide bonds. The van der Waals surface area contributed by atoms with Crippen LogP contribution in [0.2, 0.25) is 0 Å². The molecule has 0 unspecified atom stereocenters. The lowest BCUT2D eigenvalue weighted by Gasteiger charge is -2.30. The maximum atomic E-state index is 12.7. The van der Waals surface area contributed by atoms with E-state index < -0.39 is 10.0 Å². The van der Waals surface area contributed by atoms with Gasteiger partial charge in [0.25, 0.3) is 0 Å². The molecule has 0 N–H and O–H groups in total. The number of carbonyl (C=O) groups is 1. The first-order chi connectivity index (χ1) is 12.5. The number of rotatable bonds is 7. The highest BCUT2D eigenvalue weighted by Gasteiger charge is 2.25. The van der Waals surface area contributed by atoms with Crippen LogP contribution >= 0.6 is 0 Å². The summed E-state index contributed by atoms with van der Waals surface area (Å²) in [5.41, 5.74) is 1.01. The van der Waals surface area contributed by atoms with E-state index in [-0.39, 0.29) is 5.91 Å². The first-order valence-corrected chi connectivity index (χ1v) is 11.2. The van der Waals surface area contributed by atoms with Crippen molar-refractivity contribution in [2.45, 2.75) is 56.3 Å². The van der Waals surface area contributed by atoms with Crippen molar-refractivity contribution >= 4 is 15.9 Å². The van der Waals surface area contributed by atoms with Crippen LogP contribution in [0, 0.1) is 5.92 Å². The Labute approximate surface area is 157 Å². The molecule has 144 valence electrons. The molecule has 0 radical (unpaired) electrons. The fraction of sp³-hybridized carbons (Fsp3) is 0.650. The van der Waals surface area contributed by atoms with Gasteiger partial charge in [-0.1, -0.05) is 25.0 Å². The Morgan fingerprint density at radius 1 is 1.08 bits per heavy atom. The molecule has 0 bridgehead atoms. The SMILES string of the molecule is CN(CC1CCC1)C(=O)CCc1ccc(S(=O)(=O)N2CCCCC2)cc1. The second kappa shape index (κ2) is 8.53. The van der Waals surface area contributed by atoms with Gasteiger partial charge < -0.3 is 4.90 Å². The summed E-state index contributed by atoms with van der Waals surface area (Å²) in [7, 11) is -1.49. The van der Waals surface area contributed by atoms with E-state index in [9.17, 15) is 13.2 Å². The quantitative estimate of drug-likeness (QED) is 0.733. The predicted molar refractivity (Wildman–Crippen MR) is 102 cm³/mol. The van der Waals surface area contributed by atoms with Crippen LogP contribution in [-0.4, -0.2) is 50.2 Å². The molecule has 1 aromatic carbocycles. The van der Waals surface area contributed by atoms with Crippen molar-refractivity contribution in [1.29, 1.82) is 0 Å². The summed E-state index contributed by atoms with van der Waals surface area (Å²) in [6, 6.07) is 7.05. The molecule has 1 heterocycles. The number of sulfonamides is 1. The molecule has 0 aromatic heterocycles. The molecule has 2 aliphatic rings. The molecule has 1 aliphatic heterocycles. The molecule has 0 atom stereocenters. The van der Waals surface area contributed by atoms with Crippen molar-refractivity contribution in [2.75, 3.05) is 26.7 Å². The number of piperidine rings is 1. The minimum atomic E-state index is -3.38. The van der Waals surface area contributed by atoms with Crippen molar-refractivity contribution in [3.05, 3.63) is 29.8 Å². The molecule has 6 heteroatoms. The monoisotopic (exact) mass is 378 g/mol. The Hall–Kier alpha value is -1.40. The summed E-state index contributed by atoms with van der Waals surface area (Å²) in [6.07, 6.45) is 7.88. The van der Waals surface area contributed by atoms with Gasteiger partial charge in [0.1, 0.15) is 0 Å². The standard InChI is InChI=1S/C20H30N2O3S/c1-21(16-18-6-5-7-18)20(23)13-10-17-8-11-19(12-9-17)26(24,25)22-14-3-2-4-15-22/h8-9,11-12,18H,2-7,10,13-16H2,1H3. The first-order valence-electron chi connectivity index (χ1n) is 9.80. The Morgan fingerprint density at radius 2 is 1.73 bits per heavy atom. The molecule has 1 aromatic rings. The lowest BCUT2D eigenvalue weighted by Crippen LogP contribution is -2.35. The highest BCUT2D eigenvalue weighted by molar-refractivity contribution is 7.89. The Bertz CT molecular complexity index is 705. The molecule has 2 fully saturated rings.